The molecule has 4 heterocycles. The predicted molar refractivity (Wildman–Crippen MR) is 159 cm³/mol. The summed E-state index contributed by atoms with van der Waals surface area (Å²) in [7, 11) is 1.66. The van der Waals surface area contributed by atoms with Crippen molar-refractivity contribution in [2.24, 2.45) is 7.05 Å². The summed E-state index contributed by atoms with van der Waals surface area (Å²) in [6.07, 6.45) is -1.51. The average molecular weight is 651 g/mol. The lowest BCUT2D eigenvalue weighted by molar-refractivity contribution is -0.151. The highest BCUT2D eigenvalue weighted by molar-refractivity contribution is 8.01. The Kier molecular flexibility index (Phi) is 8.44. The SMILES string of the molecule is Cn1nnnc1SCC1=C(C(=O)O)N2C(=O)C(NC(=O)[C@H](NC(=O)N3CC(c4ccccc4)OC3=O)c3ccccc3)[C@H]2SC1. The van der Waals surface area contributed by atoms with E-state index in [0.717, 1.165) is 10.5 Å². The van der Waals surface area contributed by atoms with Gasteiger partial charge in [-0.15, -0.1) is 16.9 Å². The third-order valence-corrected chi connectivity index (χ3v) is 9.83. The quantitative estimate of drug-likeness (QED) is 0.225. The number of hydrogen-bond acceptors (Lipinski definition) is 11. The molecule has 0 bridgehead atoms. The van der Waals surface area contributed by atoms with Gasteiger partial charge in [-0.05, 0) is 27.1 Å². The molecule has 0 spiro atoms. The van der Waals surface area contributed by atoms with Gasteiger partial charge in [0.1, 0.15) is 29.3 Å². The van der Waals surface area contributed by atoms with Crippen molar-refractivity contribution in [1.82, 2.24) is 40.6 Å². The third-order valence-electron chi connectivity index (χ3n) is 7.40. The van der Waals surface area contributed by atoms with E-state index in [1.807, 2.05) is 6.07 Å². The fraction of sp³-hybridized carbons (Fsp3) is 0.286. The zero-order valence-corrected chi connectivity index (χ0v) is 25.2. The van der Waals surface area contributed by atoms with Gasteiger partial charge in [-0.1, -0.05) is 72.4 Å². The van der Waals surface area contributed by atoms with Crippen molar-refractivity contribution in [2.45, 2.75) is 28.7 Å². The number of carboxylic acid groups (broad SMARTS) is 1. The molecule has 2 fully saturated rings. The number of cyclic esters (lactones) is 1. The van der Waals surface area contributed by atoms with Gasteiger partial charge < -0.3 is 20.5 Å². The molecule has 5 amide bonds. The van der Waals surface area contributed by atoms with Gasteiger partial charge in [0.15, 0.2) is 0 Å². The summed E-state index contributed by atoms with van der Waals surface area (Å²) in [6, 6.07) is 14.2. The number of benzene rings is 2. The molecule has 3 aromatic rings. The Balaban J connectivity index is 1.15. The average Bonchev–Trinajstić information content (AvgIpc) is 3.66. The molecule has 0 aliphatic carbocycles. The number of nitrogens with zero attached hydrogens (tertiary/aromatic N) is 6. The Morgan fingerprint density at radius 2 is 1.82 bits per heavy atom. The van der Waals surface area contributed by atoms with Crippen molar-refractivity contribution in [3.63, 3.8) is 0 Å². The van der Waals surface area contributed by atoms with Crippen molar-refractivity contribution in [3.05, 3.63) is 83.1 Å². The molecular weight excluding hydrogens is 624 g/mol. The first-order valence-electron chi connectivity index (χ1n) is 13.7. The van der Waals surface area contributed by atoms with E-state index in [1.54, 1.807) is 61.6 Å². The van der Waals surface area contributed by atoms with Crippen molar-refractivity contribution in [3.8, 4) is 0 Å². The lowest BCUT2D eigenvalue weighted by atomic mass is 10.0. The summed E-state index contributed by atoms with van der Waals surface area (Å²) in [5, 5.41) is 26.3. The summed E-state index contributed by atoms with van der Waals surface area (Å²) in [4.78, 5) is 67.1. The number of imide groups is 1. The number of aliphatic carboxylic acids is 1. The van der Waals surface area contributed by atoms with Gasteiger partial charge >= 0.3 is 18.1 Å². The first-order chi connectivity index (χ1) is 21.7. The van der Waals surface area contributed by atoms with Crippen molar-refractivity contribution in [2.75, 3.05) is 18.1 Å². The van der Waals surface area contributed by atoms with Gasteiger partial charge in [0, 0.05) is 18.6 Å². The molecule has 2 saturated heterocycles. The molecule has 6 rings (SSSR count). The van der Waals surface area contributed by atoms with Crippen LogP contribution in [-0.2, 0) is 26.2 Å². The minimum absolute atomic E-state index is 0.0509. The minimum atomic E-state index is -1.26. The number of aromatic nitrogens is 4. The van der Waals surface area contributed by atoms with Crippen molar-refractivity contribution >= 4 is 53.4 Å². The Hall–Kier alpha value is -4.90. The maximum Gasteiger partial charge on any atom is 0.418 e. The van der Waals surface area contributed by atoms with E-state index in [0.29, 0.717) is 22.0 Å². The van der Waals surface area contributed by atoms with Crippen LogP contribution < -0.4 is 10.6 Å². The number of fused-ring (bicyclic) bond motifs is 1. The lowest BCUT2D eigenvalue weighted by Gasteiger charge is -2.49. The first-order valence-corrected chi connectivity index (χ1v) is 15.7. The predicted octanol–water partition coefficient (Wildman–Crippen LogP) is 1.69. The largest absolute Gasteiger partial charge is 0.477 e. The zero-order chi connectivity index (χ0) is 31.7. The van der Waals surface area contributed by atoms with Gasteiger partial charge in [-0.25, -0.2) is 24.0 Å². The van der Waals surface area contributed by atoms with Crippen LogP contribution in [0.4, 0.5) is 9.59 Å². The molecule has 0 saturated carbocycles. The lowest BCUT2D eigenvalue weighted by Crippen LogP contribution is -2.71. The Morgan fingerprint density at radius 3 is 2.49 bits per heavy atom. The summed E-state index contributed by atoms with van der Waals surface area (Å²) in [6.45, 7) is -0.0509. The molecule has 3 aliphatic rings. The van der Waals surface area contributed by atoms with E-state index in [9.17, 15) is 29.1 Å². The summed E-state index contributed by atoms with van der Waals surface area (Å²) < 4.78 is 6.84. The number of carboxylic acids is 1. The molecule has 45 heavy (non-hydrogen) atoms. The number of nitrogens with one attached hydrogen (secondary N) is 2. The second kappa shape index (κ2) is 12.6. The van der Waals surface area contributed by atoms with Crippen molar-refractivity contribution in [1.29, 1.82) is 0 Å². The molecule has 2 unspecified atom stereocenters. The summed E-state index contributed by atoms with van der Waals surface area (Å²) >= 11 is 2.56. The summed E-state index contributed by atoms with van der Waals surface area (Å²) in [5.74, 6) is -1.99. The second-order valence-electron chi connectivity index (χ2n) is 10.2. The van der Waals surface area contributed by atoms with Crippen LogP contribution in [0.1, 0.15) is 23.3 Å². The van der Waals surface area contributed by atoms with Crippen LogP contribution in [0, 0.1) is 0 Å². The van der Waals surface area contributed by atoms with Gasteiger partial charge in [0.2, 0.25) is 11.1 Å². The molecule has 1 aromatic heterocycles. The molecule has 2 aromatic carbocycles. The molecule has 232 valence electrons. The van der Waals surface area contributed by atoms with Gasteiger partial charge in [0.05, 0.1) is 6.54 Å². The van der Waals surface area contributed by atoms with Crippen LogP contribution >= 0.6 is 23.5 Å². The molecule has 3 aliphatic heterocycles. The number of amides is 5. The number of thioether (sulfide) groups is 2. The van der Waals surface area contributed by atoms with Crippen LogP contribution in [0.15, 0.2) is 77.1 Å². The number of hydrogen-bond donors (Lipinski definition) is 3. The number of rotatable bonds is 9. The highest BCUT2D eigenvalue weighted by atomic mass is 32.2. The van der Waals surface area contributed by atoms with Gasteiger partial charge in [-0.3, -0.25) is 14.5 Å². The standard InChI is InChI=1S/C28H26N8O7S2/c1-34-27(31-32-33-34)45-14-17-13-44-24-20(23(38)36(24)21(17)25(39)40)29-22(37)19(16-10-6-3-7-11-16)30-26(41)35-12-18(43-28(35)42)15-8-4-2-5-9-15/h2-11,18-20,24H,12-14H2,1H3,(H,29,37)(H,30,41)(H,39,40)/t18?,19-,20?,24-/m1/s1. The van der Waals surface area contributed by atoms with E-state index in [1.165, 1.54) is 33.1 Å². The molecular formula is C28H26N8O7S2. The van der Waals surface area contributed by atoms with Crippen LogP contribution in [0.2, 0.25) is 0 Å². The number of carbonyl (C=O) groups excluding carboxylic acids is 4. The second-order valence-corrected chi connectivity index (χ2v) is 12.3. The van der Waals surface area contributed by atoms with E-state index >= 15 is 0 Å². The van der Waals surface area contributed by atoms with Crippen LogP contribution in [-0.4, -0.2) is 94.5 Å². The molecule has 0 radical (unpaired) electrons. The highest BCUT2D eigenvalue weighted by Crippen LogP contribution is 2.41. The Labute approximate surface area is 264 Å². The minimum Gasteiger partial charge on any atom is -0.477 e. The molecule has 17 heteroatoms. The van der Waals surface area contributed by atoms with E-state index < -0.39 is 53.5 Å². The maximum atomic E-state index is 13.6. The topological polar surface area (TPSA) is 189 Å². The van der Waals surface area contributed by atoms with Crippen LogP contribution in [0.25, 0.3) is 0 Å². The van der Waals surface area contributed by atoms with Gasteiger partial charge in [-0.2, -0.15) is 0 Å². The van der Waals surface area contributed by atoms with Gasteiger partial charge in [0.25, 0.3) is 5.91 Å². The molecule has 15 nitrogen and oxygen atoms in total. The monoisotopic (exact) mass is 650 g/mol. The summed E-state index contributed by atoms with van der Waals surface area (Å²) in [5.41, 5.74) is 1.53. The third kappa shape index (κ3) is 5.95. The Morgan fingerprint density at radius 1 is 1.11 bits per heavy atom. The van der Waals surface area contributed by atoms with E-state index in [-0.39, 0.29) is 18.0 Å². The smallest absolute Gasteiger partial charge is 0.418 e. The number of β-lactam (4-membered cyclic amide) rings is 1. The van der Waals surface area contributed by atoms with Crippen LogP contribution in [0.5, 0.6) is 0 Å². The fourth-order valence-electron chi connectivity index (χ4n) is 5.14. The number of aryl methyl sites for hydroxylation is 1. The Bertz CT molecular complexity index is 1690. The highest BCUT2D eigenvalue weighted by Gasteiger charge is 2.54. The first kappa shape index (κ1) is 30.1. The molecule has 3 N–H and O–H groups in total. The van der Waals surface area contributed by atoms with E-state index in [2.05, 4.69) is 26.2 Å². The number of tetrazole rings is 1. The normalized spacial score (nSPS) is 21.5. The maximum absolute atomic E-state index is 13.6. The zero-order valence-electron chi connectivity index (χ0n) is 23.6. The number of ether oxygens (including phenoxy) is 1. The number of carbonyl (C=O) groups is 5. The number of urea groups is 1. The molecule has 4 atom stereocenters. The van der Waals surface area contributed by atoms with Crippen molar-refractivity contribution < 1.29 is 33.8 Å². The fourth-order valence-corrected chi connectivity index (χ4v) is 7.48. The van der Waals surface area contributed by atoms with Crippen LogP contribution in [0.3, 0.4) is 0 Å². The van der Waals surface area contributed by atoms with E-state index in [4.69, 9.17) is 4.74 Å².